The number of hydrogen-bond donors (Lipinski definition) is 1. The molecule has 8 heteroatoms. The maximum absolute atomic E-state index is 12.8. The highest BCUT2D eigenvalue weighted by molar-refractivity contribution is 7.89. The molecular weight excluding hydrogens is 364 g/mol. The predicted octanol–water partition coefficient (Wildman–Crippen LogP) is 2.87. The first-order chi connectivity index (χ1) is 12.7. The summed E-state index contributed by atoms with van der Waals surface area (Å²) in [4.78, 5) is 12.5. The van der Waals surface area contributed by atoms with Gasteiger partial charge in [0.15, 0.2) is 0 Å². The van der Waals surface area contributed by atoms with Gasteiger partial charge in [-0.1, -0.05) is 19.9 Å². The van der Waals surface area contributed by atoms with Crippen LogP contribution in [0.5, 0.6) is 0 Å². The van der Waals surface area contributed by atoms with Gasteiger partial charge >= 0.3 is 0 Å². The lowest BCUT2D eigenvalue weighted by atomic mass is 10.2. The molecule has 0 bridgehead atoms. The molecule has 0 unspecified atom stereocenters. The zero-order valence-corrected chi connectivity index (χ0v) is 17.4. The second-order valence-electron chi connectivity index (χ2n) is 6.52. The number of sulfonamides is 1. The van der Waals surface area contributed by atoms with Gasteiger partial charge in [0.25, 0.3) is 0 Å². The Morgan fingerprint density at radius 3 is 2.37 bits per heavy atom. The zero-order chi connectivity index (χ0) is 20.2. The number of rotatable bonds is 8. The molecule has 1 N–H and O–H groups in total. The summed E-state index contributed by atoms with van der Waals surface area (Å²) in [5.74, 6) is -0.183. The molecular formula is C19H28N4O3S. The molecule has 0 saturated heterocycles. The van der Waals surface area contributed by atoms with E-state index in [4.69, 9.17) is 0 Å². The third-order valence-corrected chi connectivity index (χ3v) is 6.64. The van der Waals surface area contributed by atoms with Crippen LogP contribution in [0.4, 0.5) is 5.69 Å². The quantitative estimate of drug-likeness (QED) is 0.749. The smallest absolute Gasteiger partial charge is 0.243 e. The highest BCUT2D eigenvalue weighted by Gasteiger charge is 2.24. The van der Waals surface area contributed by atoms with Gasteiger partial charge < -0.3 is 5.32 Å². The van der Waals surface area contributed by atoms with E-state index >= 15 is 0 Å². The Hall–Kier alpha value is -2.19. The molecule has 148 valence electrons. The van der Waals surface area contributed by atoms with Crippen LogP contribution in [0.25, 0.3) is 0 Å². The van der Waals surface area contributed by atoms with Crippen molar-refractivity contribution in [3.8, 4) is 0 Å². The van der Waals surface area contributed by atoms with Crippen LogP contribution in [0.15, 0.2) is 29.2 Å². The normalized spacial score (nSPS) is 11.8. The first-order valence-electron chi connectivity index (χ1n) is 9.10. The van der Waals surface area contributed by atoms with E-state index in [0.717, 1.165) is 11.4 Å². The molecule has 7 nitrogen and oxygen atoms in total. The van der Waals surface area contributed by atoms with Crippen molar-refractivity contribution in [2.45, 2.75) is 52.5 Å². The SMILES string of the molecule is CCN(CC)S(=O)(=O)c1cc(NC(=O)CCn2nc(C)cc2C)ccc1C. The summed E-state index contributed by atoms with van der Waals surface area (Å²) in [5.41, 5.74) is 3.05. The number of aromatic nitrogens is 2. The molecule has 0 atom stereocenters. The topological polar surface area (TPSA) is 84.3 Å². The molecule has 1 aromatic heterocycles. The fraction of sp³-hybridized carbons (Fsp3) is 0.474. The van der Waals surface area contributed by atoms with Crippen LogP contribution in [0.2, 0.25) is 0 Å². The van der Waals surface area contributed by atoms with Gasteiger partial charge in [0.2, 0.25) is 15.9 Å². The summed E-state index contributed by atoms with van der Waals surface area (Å²) in [6.07, 6.45) is 0.258. The average Bonchev–Trinajstić information content (AvgIpc) is 2.93. The van der Waals surface area contributed by atoms with Gasteiger partial charge in [-0.15, -0.1) is 0 Å². The van der Waals surface area contributed by atoms with E-state index in [-0.39, 0.29) is 17.2 Å². The fourth-order valence-corrected chi connectivity index (χ4v) is 4.70. The molecule has 0 spiro atoms. The number of carbonyl (C=O) groups is 1. The van der Waals surface area contributed by atoms with E-state index < -0.39 is 10.0 Å². The van der Waals surface area contributed by atoms with Crippen molar-refractivity contribution in [1.29, 1.82) is 0 Å². The lowest BCUT2D eigenvalue weighted by Crippen LogP contribution is -2.31. The standard InChI is InChI=1S/C19H28N4O3S/c1-6-22(7-2)27(25,26)18-13-17(9-8-14(18)3)20-19(24)10-11-23-16(5)12-15(4)21-23/h8-9,12-13H,6-7,10-11H2,1-5H3,(H,20,24). The molecule has 1 amide bonds. The Bertz CT molecular complexity index is 915. The van der Waals surface area contributed by atoms with Gasteiger partial charge in [-0.2, -0.15) is 9.40 Å². The van der Waals surface area contributed by atoms with Crippen LogP contribution in [0.1, 0.15) is 37.2 Å². The Balaban J connectivity index is 2.13. The average molecular weight is 393 g/mol. The van der Waals surface area contributed by atoms with E-state index in [2.05, 4.69) is 10.4 Å². The number of benzene rings is 1. The van der Waals surface area contributed by atoms with Gasteiger partial charge in [0, 0.05) is 37.4 Å². The van der Waals surface area contributed by atoms with Crippen LogP contribution >= 0.6 is 0 Å². The van der Waals surface area contributed by atoms with Crippen molar-refractivity contribution >= 4 is 21.6 Å². The Morgan fingerprint density at radius 1 is 1.15 bits per heavy atom. The number of nitrogens with one attached hydrogen (secondary N) is 1. The second-order valence-corrected chi connectivity index (χ2v) is 8.42. The minimum Gasteiger partial charge on any atom is -0.326 e. The summed E-state index contributed by atoms with van der Waals surface area (Å²) < 4.78 is 28.8. The van der Waals surface area contributed by atoms with Crippen molar-refractivity contribution in [3.63, 3.8) is 0 Å². The first kappa shape index (κ1) is 21.1. The van der Waals surface area contributed by atoms with Gasteiger partial charge in [0.05, 0.1) is 10.6 Å². The van der Waals surface area contributed by atoms with Gasteiger partial charge in [0.1, 0.15) is 0 Å². The molecule has 0 saturated carbocycles. The Morgan fingerprint density at radius 2 is 1.81 bits per heavy atom. The molecule has 0 fully saturated rings. The Labute approximate surface area is 161 Å². The maximum Gasteiger partial charge on any atom is 0.243 e. The number of hydrogen-bond acceptors (Lipinski definition) is 4. The van der Waals surface area contributed by atoms with E-state index in [0.29, 0.717) is 30.9 Å². The number of aryl methyl sites for hydroxylation is 4. The zero-order valence-electron chi connectivity index (χ0n) is 16.6. The number of nitrogens with zero attached hydrogens (tertiary/aromatic N) is 3. The van der Waals surface area contributed by atoms with Crippen LogP contribution in [-0.2, 0) is 21.4 Å². The summed E-state index contributed by atoms with van der Waals surface area (Å²) >= 11 is 0. The van der Waals surface area contributed by atoms with E-state index in [1.165, 1.54) is 10.4 Å². The molecule has 0 radical (unpaired) electrons. The number of amides is 1. The van der Waals surface area contributed by atoms with Crippen molar-refractivity contribution in [2.24, 2.45) is 0 Å². The van der Waals surface area contributed by atoms with Gasteiger partial charge in [-0.3, -0.25) is 9.48 Å². The summed E-state index contributed by atoms with van der Waals surface area (Å²) in [7, 11) is -3.58. The van der Waals surface area contributed by atoms with Crippen molar-refractivity contribution in [3.05, 3.63) is 41.2 Å². The first-order valence-corrected chi connectivity index (χ1v) is 10.5. The summed E-state index contributed by atoms with van der Waals surface area (Å²) in [6.45, 7) is 10.5. The lowest BCUT2D eigenvalue weighted by Gasteiger charge is -2.20. The van der Waals surface area contributed by atoms with Crippen LogP contribution in [0, 0.1) is 20.8 Å². The lowest BCUT2D eigenvalue weighted by molar-refractivity contribution is -0.116. The third-order valence-electron chi connectivity index (χ3n) is 4.45. The molecule has 2 aromatic rings. The monoisotopic (exact) mass is 392 g/mol. The highest BCUT2D eigenvalue weighted by Crippen LogP contribution is 2.23. The minimum atomic E-state index is -3.58. The number of anilines is 1. The van der Waals surface area contributed by atoms with E-state index in [1.54, 1.807) is 37.6 Å². The maximum atomic E-state index is 12.8. The largest absolute Gasteiger partial charge is 0.326 e. The van der Waals surface area contributed by atoms with Gasteiger partial charge in [-0.05, 0) is 44.5 Å². The molecule has 27 heavy (non-hydrogen) atoms. The van der Waals surface area contributed by atoms with Crippen molar-refractivity contribution < 1.29 is 13.2 Å². The van der Waals surface area contributed by atoms with E-state index in [9.17, 15) is 13.2 Å². The summed E-state index contributed by atoms with van der Waals surface area (Å²) in [5, 5.41) is 7.13. The molecule has 0 aliphatic carbocycles. The molecule has 1 heterocycles. The highest BCUT2D eigenvalue weighted by atomic mass is 32.2. The molecule has 0 aliphatic heterocycles. The van der Waals surface area contributed by atoms with Crippen molar-refractivity contribution in [1.82, 2.24) is 14.1 Å². The molecule has 1 aromatic carbocycles. The molecule has 2 rings (SSSR count). The van der Waals surface area contributed by atoms with Gasteiger partial charge in [-0.25, -0.2) is 8.42 Å². The summed E-state index contributed by atoms with van der Waals surface area (Å²) in [6, 6.07) is 6.93. The van der Waals surface area contributed by atoms with Crippen LogP contribution in [-0.4, -0.2) is 41.5 Å². The number of carbonyl (C=O) groups excluding carboxylic acids is 1. The third kappa shape index (κ3) is 4.95. The van der Waals surface area contributed by atoms with Crippen molar-refractivity contribution in [2.75, 3.05) is 18.4 Å². The minimum absolute atomic E-state index is 0.183. The van der Waals surface area contributed by atoms with E-state index in [1.807, 2.05) is 19.9 Å². The molecule has 0 aliphatic rings. The fourth-order valence-electron chi connectivity index (χ4n) is 2.99. The van der Waals surface area contributed by atoms with Crippen LogP contribution < -0.4 is 5.32 Å². The predicted molar refractivity (Wildman–Crippen MR) is 106 cm³/mol. The Kier molecular flexibility index (Phi) is 6.78. The van der Waals surface area contributed by atoms with Crippen LogP contribution in [0.3, 0.4) is 0 Å². The second kappa shape index (κ2) is 8.67.